The molecule has 0 spiro atoms. The first-order chi connectivity index (χ1) is 6.36. The first-order valence-electron chi connectivity index (χ1n) is 6.10. The molecule has 1 heteroatoms. The molecule has 0 aromatic heterocycles. The third-order valence-electron chi connectivity index (χ3n) is 3.89. The van der Waals surface area contributed by atoms with Crippen LogP contribution in [0.1, 0.15) is 51.9 Å². The predicted octanol–water partition coefficient (Wildman–Crippen LogP) is 3.05. The molecule has 0 N–H and O–H groups in total. The van der Waals surface area contributed by atoms with Crippen molar-refractivity contribution in [1.82, 2.24) is 4.90 Å². The summed E-state index contributed by atoms with van der Waals surface area (Å²) in [5.41, 5.74) is 0. The Hall–Kier alpha value is -0.0400. The molecule has 1 saturated heterocycles. The second-order valence-electron chi connectivity index (χ2n) is 5.01. The summed E-state index contributed by atoms with van der Waals surface area (Å²) in [4.78, 5) is 2.76. The number of likely N-dealkylation sites (tertiary alicyclic amines) is 1. The molecular formula is C12H23N. The molecule has 0 aromatic rings. The van der Waals surface area contributed by atoms with Crippen molar-refractivity contribution in [3.63, 3.8) is 0 Å². The summed E-state index contributed by atoms with van der Waals surface area (Å²) in [7, 11) is 0. The van der Waals surface area contributed by atoms with Gasteiger partial charge in [-0.15, -0.1) is 0 Å². The second kappa shape index (κ2) is 4.45. The fraction of sp³-hybridized carbons (Fsp3) is 1.00. The van der Waals surface area contributed by atoms with Crippen LogP contribution in [0.15, 0.2) is 0 Å². The van der Waals surface area contributed by atoms with Gasteiger partial charge in [0, 0.05) is 6.04 Å². The first-order valence-corrected chi connectivity index (χ1v) is 6.10. The van der Waals surface area contributed by atoms with Crippen LogP contribution in [0.5, 0.6) is 0 Å². The Labute approximate surface area is 82.5 Å². The van der Waals surface area contributed by atoms with Crippen LogP contribution in [0.3, 0.4) is 0 Å². The molecule has 1 heterocycles. The number of rotatable bonds is 1. The third-order valence-corrected chi connectivity index (χ3v) is 3.89. The Morgan fingerprint density at radius 2 is 1.46 bits per heavy atom. The molecule has 76 valence electrons. The first kappa shape index (κ1) is 9.51. The number of nitrogens with zero attached hydrogens (tertiary/aromatic N) is 1. The zero-order valence-electron chi connectivity index (χ0n) is 8.97. The Kier molecular flexibility index (Phi) is 3.26. The van der Waals surface area contributed by atoms with E-state index < -0.39 is 0 Å². The largest absolute Gasteiger partial charge is 0.300 e. The molecule has 1 nitrogen and oxygen atoms in total. The molecule has 1 saturated carbocycles. The van der Waals surface area contributed by atoms with Crippen LogP contribution in [0, 0.1) is 5.92 Å². The number of hydrogen-bond acceptors (Lipinski definition) is 1. The Balaban J connectivity index is 1.79. The highest BCUT2D eigenvalue weighted by Gasteiger charge is 2.24. The van der Waals surface area contributed by atoms with E-state index in [1.807, 2.05) is 0 Å². The van der Waals surface area contributed by atoms with Crippen molar-refractivity contribution in [3.05, 3.63) is 0 Å². The van der Waals surface area contributed by atoms with Gasteiger partial charge in [0.15, 0.2) is 0 Å². The van der Waals surface area contributed by atoms with E-state index in [0.29, 0.717) is 0 Å². The lowest BCUT2D eigenvalue weighted by Crippen LogP contribution is -2.41. The van der Waals surface area contributed by atoms with Crippen molar-refractivity contribution in [1.29, 1.82) is 0 Å². The highest BCUT2D eigenvalue weighted by atomic mass is 15.2. The molecule has 0 unspecified atom stereocenters. The summed E-state index contributed by atoms with van der Waals surface area (Å²) in [6.45, 7) is 5.19. The molecule has 0 bridgehead atoms. The lowest BCUT2D eigenvalue weighted by Gasteiger charge is -2.38. The molecule has 0 atom stereocenters. The topological polar surface area (TPSA) is 3.24 Å². The van der Waals surface area contributed by atoms with Gasteiger partial charge in [0.25, 0.3) is 0 Å². The summed E-state index contributed by atoms with van der Waals surface area (Å²) in [6, 6.07) is 0.955. The molecule has 0 radical (unpaired) electrons. The molecule has 2 aliphatic rings. The van der Waals surface area contributed by atoms with Gasteiger partial charge in [0.05, 0.1) is 0 Å². The van der Waals surface area contributed by atoms with Crippen LogP contribution in [0.2, 0.25) is 0 Å². The SMILES string of the molecule is CC1CCC(N2CCCCC2)CC1. The fourth-order valence-electron chi connectivity index (χ4n) is 2.89. The Morgan fingerprint density at radius 1 is 0.846 bits per heavy atom. The highest BCUT2D eigenvalue weighted by Crippen LogP contribution is 2.28. The maximum atomic E-state index is 2.76. The van der Waals surface area contributed by atoms with Gasteiger partial charge >= 0.3 is 0 Å². The van der Waals surface area contributed by atoms with Gasteiger partial charge in [-0.3, -0.25) is 0 Å². The maximum absolute atomic E-state index is 2.76. The van der Waals surface area contributed by atoms with Gasteiger partial charge in [-0.2, -0.15) is 0 Å². The van der Waals surface area contributed by atoms with E-state index in [9.17, 15) is 0 Å². The lowest BCUT2D eigenvalue weighted by atomic mass is 9.86. The van der Waals surface area contributed by atoms with Crippen LogP contribution >= 0.6 is 0 Å². The molecular weight excluding hydrogens is 158 g/mol. The third kappa shape index (κ3) is 2.46. The molecule has 0 aromatic carbocycles. The normalized spacial score (nSPS) is 37.6. The van der Waals surface area contributed by atoms with Crippen molar-refractivity contribution < 1.29 is 0 Å². The Morgan fingerprint density at radius 3 is 2.08 bits per heavy atom. The van der Waals surface area contributed by atoms with Crippen molar-refractivity contribution in [3.8, 4) is 0 Å². The van der Waals surface area contributed by atoms with Crippen LogP contribution in [0.4, 0.5) is 0 Å². The van der Waals surface area contributed by atoms with E-state index in [2.05, 4.69) is 11.8 Å². The van der Waals surface area contributed by atoms with Gasteiger partial charge < -0.3 is 4.90 Å². The van der Waals surface area contributed by atoms with E-state index >= 15 is 0 Å². The summed E-state index contributed by atoms with van der Waals surface area (Å²) in [6.07, 6.45) is 10.3. The predicted molar refractivity (Wildman–Crippen MR) is 56.8 cm³/mol. The minimum Gasteiger partial charge on any atom is -0.300 e. The Bertz CT molecular complexity index is 141. The standard InChI is InChI=1S/C12H23N/c1-11-5-7-12(8-6-11)13-9-3-2-4-10-13/h11-12H,2-10H2,1H3. The quantitative estimate of drug-likeness (QED) is 0.601. The number of piperidine rings is 1. The summed E-state index contributed by atoms with van der Waals surface area (Å²) >= 11 is 0. The van der Waals surface area contributed by atoms with E-state index in [4.69, 9.17) is 0 Å². The van der Waals surface area contributed by atoms with Crippen molar-refractivity contribution in [2.45, 2.75) is 57.9 Å². The minimum atomic E-state index is 0.955. The summed E-state index contributed by atoms with van der Waals surface area (Å²) < 4.78 is 0. The smallest absolute Gasteiger partial charge is 0.00954 e. The van der Waals surface area contributed by atoms with Crippen LogP contribution in [-0.2, 0) is 0 Å². The monoisotopic (exact) mass is 181 g/mol. The zero-order chi connectivity index (χ0) is 9.10. The van der Waals surface area contributed by atoms with E-state index in [1.54, 1.807) is 0 Å². The van der Waals surface area contributed by atoms with E-state index in [-0.39, 0.29) is 0 Å². The maximum Gasteiger partial charge on any atom is 0.00954 e. The zero-order valence-corrected chi connectivity index (χ0v) is 8.97. The van der Waals surface area contributed by atoms with E-state index in [1.165, 1.54) is 58.0 Å². The summed E-state index contributed by atoms with van der Waals surface area (Å²) in [5.74, 6) is 1.00. The van der Waals surface area contributed by atoms with Crippen LogP contribution in [0.25, 0.3) is 0 Å². The van der Waals surface area contributed by atoms with Gasteiger partial charge in [-0.1, -0.05) is 13.3 Å². The average molecular weight is 181 g/mol. The molecule has 2 rings (SSSR count). The molecule has 1 aliphatic carbocycles. The minimum absolute atomic E-state index is 0.955. The molecule has 0 amide bonds. The second-order valence-corrected chi connectivity index (χ2v) is 5.01. The molecule has 13 heavy (non-hydrogen) atoms. The van der Waals surface area contributed by atoms with Gasteiger partial charge in [-0.25, -0.2) is 0 Å². The molecule has 1 aliphatic heterocycles. The fourth-order valence-corrected chi connectivity index (χ4v) is 2.89. The van der Waals surface area contributed by atoms with Gasteiger partial charge in [-0.05, 0) is 57.5 Å². The van der Waals surface area contributed by atoms with Gasteiger partial charge in [0.2, 0.25) is 0 Å². The van der Waals surface area contributed by atoms with Crippen molar-refractivity contribution in [2.24, 2.45) is 5.92 Å². The van der Waals surface area contributed by atoms with Crippen molar-refractivity contribution >= 4 is 0 Å². The van der Waals surface area contributed by atoms with Gasteiger partial charge in [0.1, 0.15) is 0 Å². The average Bonchev–Trinajstić information content (AvgIpc) is 2.20. The number of hydrogen-bond donors (Lipinski definition) is 0. The van der Waals surface area contributed by atoms with E-state index in [0.717, 1.165) is 12.0 Å². The summed E-state index contributed by atoms with van der Waals surface area (Å²) in [5, 5.41) is 0. The molecule has 2 fully saturated rings. The van der Waals surface area contributed by atoms with Crippen LogP contribution in [-0.4, -0.2) is 24.0 Å². The van der Waals surface area contributed by atoms with Crippen LogP contribution < -0.4 is 0 Å². The lowest BCUT2D eigenvalue weighted by molar-refractivity contribution is 0.118. The highest BCUT2D eigenvalue weighted by molar-refractivity contribution is 4.79. The van der Waals surface area contributed by atoms with Crippen molar-refractivity contribution in [2.75, 3.05) is 13.1 Å².